The maximum Gasteiger partial charge on any atom is 0.276 e. The van der Waals surface area contributed by atoms with Crippen molar-refractivity contribution in [2.45, 2.75) is 31.6 Å². The van der Waals surface area contributed by atoms with Crippen molar-refractivity contribution in [1.82, 2.24) is 14.4 Å². The van der Waals surface area contributed by atoms with E-state index in [9.17, 15) is 18.0 Å². The summed E-state index contributed by atoms with van der Waals surface area (Å²) in [5, 5.41) is 3.80. The number of hydrogen-bond donors (Lipinski definition) is 0. The first-order valence-electron chi connectivity index (χ1n) is 10.1. The van der Waals surface area contributed by atoms with E-state index >= 15 is 0 Å². The minimum atomic E-state index is -3.90. The molecule has 0 N–H and O–H groups in total. The largest absolute Gasteiger partial charge is 0.492 e. The van der Waals surface area contributed by atoms with Crippen molar-refractivity contribution >= 4 is 21.7 Å². The van der Waals surface area contributed by atoms with Crippen LogP contribution in [0.4, 0.5) is 0 Å². The number of nitrogens with zero attached hydrogens (tertiary/aromatic N) is 3. The van der Waals surface area contributed by atoms with Crippen molar-refractivity contribution in [2.24, 2.45) is 5.41 Å². The predicted molar refractivity (Wildman–Crippen MR) is 110 cm³/mol. The van der Waals surface area contributed by atoms with Crippen molar-refractivity contribution < 1.29 is 27.3 Å². The van der Waals surface area contributed by atoms with E-state index in [1.807, 2.05) is 0 Å². The van der Waals surface area contributed by atoms with Gasteiger partial charge in [0.2, 0.25) is 10.0 Å². The third-order valence-corrected chi connectivity index (χ3v) is 7.70. The second-order valence-electron chi connectivity index (χ2n) is 8.33. The van der Waals surface area contributed by atoms with Gasteiger partial charge >= 0.3 is 0 Å². The molecule has 1 amide bonds. The topological polar surface area (TPSA) is 110 Å². The van der Waals surface area contributed by atoms with Crippen molar-refractivity contribution in [3.63, 3.8) is 0 Å². The van der Waals surface area contributed by atoms with Crippen molar-refractivity contribution in [1.29, 1.82) is 0 Å². The highest BCUT2D eigenvalue weighted by atomic mass is 32.2. The molecule has 31 heavy (non-hydrogen) atoms. The number of likely N-dealkylation sites (tertiary alicyclic amines) is 1. The summed E-state index contributed by atoms with van der Waals surface area (Å²) in [6.45, 7) is 4.24. The van der Waals surface area contributed by atoms with E-state index < -0.39 is 15.4 Å². The van der Waals surface area contributed by atoms with Gasteiger partial charge in [0.05, 0.1) is 13.2 Å². The number of aryl methyl sites for hydroxylation is 1. The van der Waals surface area contributed by atoms with Gasteiger partial charge in [0.1, 0.15) is 22.2 Å². The minimum absolute atomic E-state index is 0.0696. The molecule has 0 saturated carbocycles. The summed E-state index contributed by atoms with van der Waals surface area (Å²) in [5.74, 6) is 0.407. The fourth-order valence-electron chi connectivity index (χ4n) is 4.16. The lowest BCUT2D eigenvalue weighted by atomic mass is 9.78. The zero-order chi connectivity index (χ0) is 22.2. The monoisotopic (exact) mass is 447 g/mol. The highest BCUT2D eigenvalue weighted by Gasteiger charge is 2.44. The number of ether oxygens (including phenoxy) is 1. The molecule has 0 radical (unpaired) electrons. The normalized spacial score (nSPS) is 20.4. The number of sulfonamides is 1. The van der Waals surface area contributed by atoms with Crippen LogP contribution in [0.1, 0.15) is 36.0 Å². The van der Waals surface area contributed by atoms with Crippen LogP contribution in [0.5, 0.6) is 5.75 Å². The fraction of sp³-hybridized carbons (Fsp3) is 0.476. The van der Waals surface area contributed by atoms with Gasteiger partial charge in [-0.2, -0.15) is 4.31 Å². The number of fused-ring (bicyclic) bond motifs is 1. The molecular weight excluding hydrogens is 422 g/mol. The van der Waals surface area contributed by atoms with Crippen LogP contribution in [-0.4, -0.2) is 67.3 Å². The van der Waals surface area contributed by atoms with Crippen molar-refractivity contribution in [3.8, 4) is 5.75 Å². The number of rotatable bonds is 3. The van der Waals surface area contributed by atoms with Crippen LogP contribution in [0.15, 0.2) is 39.8 Å². The van der Waals surface area contributed by atoms with Crippen LogP contribution in [0.2, 0.25) is 0 Å². The summed E-state index contributed by atoms with van der Waals surface area (Å²) in [6, 6.07) is 8.09. The van der Waals surface area contributed by atoms with E-state index in [2.05, 4.69) is 5.16 Å². The number of Topliss-reactive ketones (excluding diaryl/α,β-unsaturated/α-hetero) is 1. The number of benzene rings is 1. The van der Waals surface area contributed by atoms with Gasteiger partial charge in [0.15, 0.2) is 5.69 Å². The zero-order valence-electron chi connectivity index (χ0n) is 17.5. The molecule has 2 aliphatic rings. The molecule has 1 aromatic heterocycles. The van der Waals surface area contributed by atoms with Gasteiger partial charge in [0.25, 0.3) is 5.91 Å². The van der Waals surface area contributed by atoms with Crippen LogP contribution in [0.25, 0.3) is 0 Å². The summed E-state index contributed by atoms with van der Waals surface area (Å²) < 4.78 is 38.9. The Balaban J connectivity index is 1.59. The van der Waals surface area contributed by atoms with E-state index in [0.717, 1.165) is 0 Å². The second-order valence-corrected chi connectivity index (χ2v) is 10.2. The molecule has 10 heteroatoms. The predicted octanol–water partition coefficient (Wildman–Crippen LogP) is 1.88. The number of hydrogen-bond acceptors (Lipinski definition) is 7. The van der Waals surface area contributed by atoms with Gasteiger partial charge in [-0.3, -0.25) is 9.59 Å². The van der Waals surface area contributed by atoms with Crippen LogP contribution in [0, 0.1) is 12.3 Å². The molecule has 2 aromatic rings. The summed E-state index contributed by atoms with van der Waals surface area (Å²) in [6.07, 6.45) is 1.09. The third-order valence-electron chi connectivity index (χ3n) is 5.87. The minimum Gasteiger partial charge on any atom is -0.492 e. The smallest absolute Gasteiger partial charge is 0.276 e. The van der Waals surface area contributed by atoms with Crippen LogP contribution in [0.3, 0.4) is 0 Å². The first-order valence-corrected chi connectivity index (χ1v) is 11.6. The molecule has 3 heterocycles. The number of carbonyl (C=O) groups excluding carboxylic acids is 2. The average molecular weight is 448 g/mol. The second kappa shape index (κ2) is 8.08. The number of piperidine rings is 1. The summed E-state index contributed by atoms with van der Waals surface area (Å²) in [5.41, 5.74) is -0.246. The summed E-state index contributed by atoms with van der Waals surface area (Å²) in [7, 11) is -3.90. The molecule has 0 aliphatic carbocycles. The molecule has 166 valence electrons. The Bertz CT molecular complexity index is 1100. The maximum absolute atomic E-state index is 13.3. The molecule has 4 rings (SSSR count). The van der Waals surface area contributed by atoms with Crippen LogP contribution < -0.4 is 4.74 Å². The number of amides is 1. The fourth-order valence-corrected chi connectivity index (χ4v) is 5.87. The number of aromatic nitrogens is 1. The lowest BCUT2D eigenvalue weighted by molar-refractivity contribution is -0.117. The molecule has 2 aliphatic heterocycles. The Labute approximate surface area is 181 Å². The Morgan fingerprint density at radius 2 is 1.90 bits per heavy atom. The van der Waals surface area contributed by atoms with Gasteiger partial charge in [-0.25, -0.2) is 8.42 Å². The average Bonchev–Trinajstić information content (AvgIpc) is 3.17. The first kappa shape index (κ1) is 21.5. The van der Waals surface area contributed by atoms with Gasteiger partial charge in [-0.1, -0.05) is 17.3 Å². The van der Waals surface area contributed by atoms with Crippen molar-refractivity contribution in [2.75, 3.05) is 32.8 Å². The van der Waals surface area contributed by atoms with Crippen molar-refractivity contribution in [3.05, 3.63) is 41.8 Å². The van der Waals surface area contributed by atoms with E-state index in [4.69, 9.17) is 9.26 Å². The number of para-hydroxylation sites is 1. The molecule has 0 unspecified atom stereocenters. The van der Waals surface area contributed by atoms with E-state index in [1.165, 1.54) is 17.3 Å². The van der Waals surface area contributed by atoms with Crippen LogP contribution in [-0.2, 0) is 14.8 Å². The maximum atomic E-state index is 13.3. The van der Waals surface area contributed by atoms with Crippen LogP contribution >= 0.6 is 0 Å². The molecular formula is C21H25N3O6S. The lowest BCUT2D eigenvalue weighted by Crippen LogP contribution is -2.53. The first-order chi connectivity index (χ1) is 14.7. The molecule has 0 atom stereocenters. The van der Waals surface area contributed by atoms with Gasteiger partial charge < -0.3 is 14.2 Å². The van der Waals surface area contributed by atoms with E-state index in [0.29, 0.717) is 38.3 Å². The molecule has 1 fully saturated rings. The zero-order valence-corrected chi connectivity index (χ0v) is 18.4. The molecule has 1 spiro atoms. The SMILES string of the molecule is CC(=O)CN1CC2(CCN(C(=O)c3cc(C)on3)CC2)COc2ccccc2S1(=O)=O. The van der Waals surface area contributed by atoms with Gasteiger partial charge in [0, 0.05) is 31.1 Å². The lowest BCUT2D eigenvalue weighted by Gasteiger charge is -2.44. The molecule has 0 bridgehead atoms. The summed E-state index contributed by atoms with van der Waals surface area (Å²) >= 11 is 0. The molecule has 1 saturated heterocycles. The quantitative estimate of drug-likeness (QED) is 0.706. The highest BCUT2D eigenvalue weighted by Crippen LogP contribution is 2.39. The molecule has 9 nitrogen and oxygen atoms in total. The Morgan fingerprint density at radius 1 is 1.19 bits per heavy atom. The Hall–Kier alpha value is -2.72. The van der Waals surface area contributed by atoms with Gasteiger partial charge in [-0.05, 0) is 38.8 Å². The summed E-state index contributed by atoms with van der Waals surface area (Å²) in [4.78, 5) is 26.3. The molecule has 1 aromatic carbocycles. The van der Waals surface area contributed by atoms with E-state index in [-0.39, 0.29) is 41.1 Å². The Morgan fingerprint density at radius 3 is 2.55 bits per heavy atom. The number of ketones is 1. The standard InChI is InChI=1S/C21H25N3O6S/c1-15(25)12-24-13-21(14-29-18-5-3-4-6-19(18)31(24,27)28)7-9-23(10-8-21)20(26)17-11-16(2)30-22-17/h3-6,11H,7-10,12-14H2,1-2H3. The van der Waals surface area contributed by atoms with Gasteiger partial charge in [-0.15, -0.1) is 0 Å². The van der Waals surface area contributed by atoms with E-state index in [1.54, 1.807) is 36.1 Å². The Kier molecular flexibility index (Phi) is 5.61. The third kappa shape index (κ3) is 4.22. The highest BCUT2D eigenvalue weighted by molar-refractivity contribution is 7.89. The number of carbonyl (C=O) groups is 2.